The summed E-state index contributed by atoms with van der Waals surface area (Å²) in [5, 5.41) is 0. The number of oxazole rings is 1. The van der Waals surface area contributed by atoms with Crippen molar-refractivity contribution in [2.75, 3.05) is 13.2 Å². The third-order valence-electron chi connectivity index (χ3n) is 5.42. The summed E-state index contributed by atoms with van der Waals surface area (Å²) in [4.78, 5) is 6.98. The molecule has 26 heavy (non-hydrogen) atoms. The highest BCUT2D eigenvalue weighted by molar-refractivity contribution is 5.80. The third-order valence-corrected chi connectivity index (χ3v) is 5.42. The lowest BCUT2D eigenvalue weighted by Crippen LogP contribution is -2.53. The highest BCUT2D eigenvalue weighted by Gasteiger charge is 2.34. The third kappa shape index (κ3) is 2.85. The van der Waals surface area contributed by atoms with Gasteiger partial charge >= 0.3 is 0 Å². The van der Waals surface area contributed by atoms with Crippen molar-refractivity contribution in [2.45, 2.75) is 32.0 Å². The first-order valence-corrected chi connectivity index (χ1v) is 9.22. The summed E-state index contributed by atoms with van der Waals surface area (Å²) in [6.07, 6.45) is 3.38. The summed E-state index contributed by atoms with van der Waals surface area (Å²) in [6, 6.07) is 17.8. The maximum absolute atomic E-state index is 5.85. The van der Waals surface area contributed by atoms with Gasteiger partial charge in [0.15, 0.2) is 11.5 Å². The van der Waals surface area contributed by atoms with Crippen molar-refractivity contribution in [1.82, 2.24) is 9.88 Å². The molecular formula is C22H22N2O2. The van der Waals surface area contributed by atoms with Crippen LogP contribution in [0.25, 0.3) is 16.7 Å². The van der Waals surface area contributed by atoms with E-state index in [1.807, 2.05) is 6.92 Å². The van der Waals surface area contributed by atoms with Crippen LogP contribution in [0.4, 0.5) is 0 Å². The maximum atomic E-state index is 5.85. The average Bonchev–Trinajstić information content (AvgIpc) is 3.01. The molecule has 2 atom stereocenters. The Morgan fingerprint density at radius 1 is 1.12 bits per heavy atom. The number of aryl methyl sites for hydroxylation is 1. The molecule has 1 saturated heterocycles. The Bertz CT molecular complexity index is 961. The van der Waals surface area contributed by atoms with Crippen molar-refractivity contribution < 1.29 is 9.15 Å². The minimum Gasteiger partial charge on any atom is -0.441 e. The summed E-state index contributed by atoms with van der Waals surface area (Å²) in [6.45, 7) is 4.42. The molecular weight excluding hydrogens is 324 g/mol. The Morgan fingerprint density at radius 3 is 2.85 bits per heavy atom. The lowest BCUT2D eigenvalue weighted by molar-refractivity contribution is -0.0402. The van der Waals surface area contributed by atoms with Crippen LogP contribution in [-0.2, 0) is 11.3 Å². The molecule has 0 aliphatic carbocycles. The average molecular weight is 346 g/mol. The predicted molar refractivity (Wildman–Crippen MR) is 102 cm³/mol. The molecule has 3 heterocycles. The minimum absolute atomic E-state index is 0.324. The molecule has 2 aliphatic rings. The normalized spacial score (nSPS) is 23.2. The van der Waals surface area contributed by atoms with Crippen molar-refractivity contribution in [3.05, 3.63) is 71.6 Å². The molecule has 0 radical (unpaired) electrons. The number of hydrogen-bond acceptors (Lipinski definition) is 4. The van der Waals surface area contributed by atoms with Gasteiger partial charge in [-0.3, -0.25) is 4.90 Å². The Kier molecular flexibility index (Phi) is 3.88. The topological polar surface area (TPSA) is 38.5 Å². The Hall–Kier alpha value is -2.43. The van der Waals surface area contributed by atoms with E-state index in [0.717, 1.165) is 37.3 Å². The second kappa shape index (κ2) is 6.38. The molecule has 0 amide bonds. The molecule has 3 aromatic rings. The molecule has 2 aromatic carbocycles. The molecule has 2 bridgehead atoms. The van der Waals surface area contributed by atoms with Crippen molar-refractivity contribution in [3.8, 4) is 0 Å². The smallest absolute Gasteiger partial charge is 0.192 e. The zero-order valence-corrected chi connectivity index (χ0v) is 14.9. The van der Waals surface area contributed by atoms with Gasteiger partial charge in [-0.1, -0.05) is 42.5 Å². The molecule has 0 saturated carbocycles. The SMILES string of the molecule is Cc1nc2ccc(C3=CC4COCC(C3)N4Cc3ccccc3)cc2o1. The highest BCUT2D eigenvalue weighted by atomic mass is 16.5. The van der Waals surface area contributed by atoms with E-state index in [1.54, 1.807) is 0 Å². The zero-order valence-electron chi connectivity index (χ0n) is 14.9. The maximum Gasteiger partial charge on any atom is 0.192 e. The summed E-state index contributed by atoms with van der Waals surface area (Å²) < 4.78 is 11.6. The first kappa shape index (κ1) is 15.8. The number of rotatable bonds is 3. The first-order chi connectivity index (χ1) is 12.8. The number of morpholine rings is 1. The van der Waals surface area contributed by atoms with Crippen LogP contribution in [0.15, 0.2) is 59.0 Å². The van der Waals surface area contributed by atoms with Crippen molar-refractivity contribution in [3.63, 3.8) is 0 Å². The van der Waals surface area contributed by atoms with Crippen LogP contribution >= 0.6 is 0 Å². The van der Waals surface area contributed by atoms with Gasteiger partial charge < -0.3 is 9.15 Å². The van der Waals surface area contributed by atoms with E-state index >= 15 is 0 Å². The fourth-order valence-corrected chi connectivity index (χ4v) is 4.16. The quantitative estimate of drug-likeness (QED) is 0.713. The summed E-state index contributed by atoms with van der Waals surface area (Å²) in [5.74, 6) is 0.717. The van der Waals surface area contributed by atoms with Crippen LogP contribution in [0.5, 0.6) is 0 Å². The number of hydrogen-bond donors (Lipinski definition) is 0. The van der Waals surface area contributed by atoms with Crippen molar-refractivity contribution in [2.24, 2.45) is 0 Å². The first-order valence-electron chi connectivity index (χ1n) is 9.22. The Balaban J connectivity index is 1.45. The monoisotopic (exact) mass is 346 g/mol. The Labute approximate surface area is 153 Å². The van der Waals surface area contributed by atoms with Gasteiger partial charge in [0.1, 0.15) is 5.52 Å². The summed E-state index contributed by atoms with van der Waals surface area (Å²) >= 11 is 0. The fourth-order valence-electron chi connectivity index (χ4n) is 4.16. The van der Waals surface area contributed by atoms with Gasteiger partial charge in [-0.2, -0.15) is 0 Å². The van der Waals surface area contributed by atoms with Crippen molar-refractivity contribution in [1.29, 1.82) is 0 Å². The van der Waals surface area contributed by atoms with Crippen LogP contribution in [0.2, 0.25) is 0 Å². The van der Waals surface area contributed by atoms with Gasteiger partial charge in [0.2, 0.25) is 0 Å². The largest absolute Gasteiger partial charge is 0.441 e. The van der Waals surface area contributed by atoms with Crippen LogP contribution in [-0.4, -0.2) is 35.2 Å². The second-order valence-corrected chi connectivity index (χ2v) is 7.23. The number of nitrogens with zero attached hydrogens (tertiary/aromatic N) is 2. The van der Waals surface area contributed by atoms with E-state index in [0.29, 0.717) is 18.0 Å². The minimum atomic E-state index is 0.324. The highest BCUT2D eigenvalue weighted by Crippen LogP contribution is 2.34. The van der Waals surface area contributed by atoms with E-state index in [4.69, 9.17) is 9.15 Å². The lowest BCUT2D eigenvalue weighted by Gasteiger charge is -2.44. The molecule has 1 aromatic heterocycles. The van der Waals surface area contributed by atoms with Gasteiger partial charge in [0.25, 0.3) is 0 Å². The Morgan fingerprint density at radius 2 is 2.00 bits per heavy atom. The summed E-state index contributed by atoms with van der Waals surface area (Å²) in [5.41, 5.74) is 5.79. The fraction of sp³-hybridized carbons (Fsp3) is 0.318. The van der Waals surface area contributed by atoms with Gasteiger partial charge in [-0.15, -0.1) is 0 Å². The predicted octanol–water partition coefficient (Wildman–Crippen LogP) is 4.19. The molecule has 2 aliphatic heterocycles. The van der Waals surface area contributed by atoms with Crippen molar-refractivity contribution >= 4 is 16.7 Å². The van der Waals surface area contributed by atoms with E-state index < -0.39 is 0 Å². The van der Waals surface area contributed by atoms with Gasteiger partial charge in [0, 0.05) is 19.5 Å². The van der Waals surface area contributed by atoms with E-state index in [2.05, 4.69) is 64.5 Å². The molecule has 5 rings (SSSR count). The van der Waals surface area contributed by atoms with Crippen LogP contribution in [0.3, 0.4) is 0 Å². The molecule has 0 spiro atoms. The van der Waals surface area contributed by atoms with Crippen LogP contribution < -0.4 is 0 Å². The molecule has 132 valence electrons. The molecule has 4 nitrogen and oxygen atoms in total. The van der Waals surface area contributed by atoms with Crippen LogP contribution in [0, 0.1) is 6.92 Å². The molecule has 0 N–H and O–H groups in total. The number of ether oxygens (including phenoxy) is 1. The lowest BCUT2D eigenvalue weighted by atomic mass is 9.89. The zero-order chi connectivity index (χ0) is 17.5. The van der Waals surface area contributed by atoms with E-state index in [9.17, 15) is 0 Å². The standard InChI is InChI=1S/C22H22N2O2/c1-15-23-21-8-7-17(11-22(21)26-15)18-9-19-13-25-14-20(10-18)24(19)12-16-5-3-2-4-6-16/h2-9,11,19-20H,10,12-14H2,1H3. The van der Waals surface area contributed by atoms with E-state index in [-0.39, 0.29) is 0 Å². The van der Waals surface area contributed by atoms with Crippen LogP contribution in [0.1, 0.15) is 23.4 Å². The summed E-state index contributed by atoms with van der Waals surface area (Å²) in [7, 11) is 0. The second-order valence-electron chi connectivity index (χ2n) is 7.23. The molecule has 2 unspecified atom stereocenters. The molecule has 1 fully saturated rings. The number of fused-ring (bicyclic) bond motifs is 3. The molecule has 4 heteroatoms. The van der Waals surface area contributed by atoms with Gasteiger partial charge in [0.05, 0.1) is 19.3 Å². The number of aromatic nitrogens is 1. The van der Waals surface area contributed by atoms with Gasteiger partial charge in [-0.05, 0) is 35.3 Å². The van der Waals surface area contributed by atoms with E-state index in [1.165, 1.54) is 16.7 Å². The number of benzene rings is 2. The van der Waals surface area contributed by atoms with Gasteiger partial charge in [-0.25, -0.2) is 4.98 Å².